The SMILES string of the molecule is CC1CN(Cc2ccccc2)CCCN1c1ccc2nnc(-c3ccsc3)n2n1. The summed E-state index contributed by atoms with van der Waals surface area (Å²) in [5.74, 6) is 1.79. The third-order valence-corrected chi connectivity index (χ3v) is 6.18. The molecule has 6 nitrogen and oxygen atoms in total. The van der Waals surface area contributed by atoms with E-state index in [0.717, 1.165) is 55.5 Å². The molecule has 1 unspecified atom stereocenters. The van der Waals surface area contributed by atoms with Crippen molar-refractivity contribution in [2.45, 2.75) is 25.9 Å². The average Bonchev–Trinajstić information content (AvgIpc) is 3.37. The van der Waals surface area contributed by atoms with Gasteiger partial charge >= 0.3 is 0 Å². The second-order valence-electron chi connectivity index (χ2n) is 7.61. The summed E-state index contributed by atoms with van der Waals surface area (Å²) < 4.78 is 1.87. The summed E-state index contributed by atoms with van der Waals surface area (Å²) in [6, 6.07) is 17.3. The minimum Gasteiger partial charge on any atom is -0.351 e. The molecule has 1 aliphatic heterocycles. The van der Waals surface area contributed by atoms with Crippen LogP contribution in [-0.4, -0.2) is 50.4 Å². The van der Waals surface area contributed by atoms with E-state index in [9.17, 15) is 0 Å². The molecule has 3 aromatic heterocycles. The Hall–Kier alpha value is -2.77. The lowest BCUT2D eigenvalue weighted by Gasteiger charge is -2.30. The number of nitrogens with zero attached hydrogens (tertiary/aromatic N) is 6. The fourth-order valence-electron chi connectivity index (χ4n) is 4.08. The zero-order valence-corrected chi connectivity index (χ0v) is 17.3. The first-order chi connectivity index (χ1) is 14.3. The normalized spacial score (nSPS) is 18.2. The molecule has 1 aromatic carbocycles. The Morgan fingerprint density at radius 2 is 1.93 bits per heavy atom. The van der Waals surface area contributed by atoms with Gasteiger partial charge in [0.2, 0.25) is 0 Å². The number of thiophene rings is 1. The maximum absolute atomic E-state index is 4.92. The van der Waals surface area contributed by atoms with Gasteiger partial charge in [-0.05, 0) is 42.5 Å². The number of benzene rings is 1. The standard InChI is InChI=1S/C22H24N6S/c1-17-14-26(15-18-6-3-2-4-7-18)11-5-12-27(17)21-9-8-20-23-24-22(28(20)25-21)19-10-13-29-16-19/h2-4,6-10,13,16-17H,5,11-12,14-15H2,1H3. The first kappa shape index (κ1) is 18.3. The second kappa shape index (κ2) is 7.93. The molecule has 1 atom stereocenters. The van der Waals surface area contributed by atoms with Crippen molar-refractivity contribution in [3.63, 3.8) is 0 Å². The van der Waals surface area contributed by atoms with Crippen molar-refractivity contribution in [2.24, 2.45) is 0 Å². The van der Waals surface area contributed by atoms with Crippen LogP contribution in [0.5, 0.6) is 0 Å². The summed E-state index contributed by atoms with van der Waals surface area (Å²) in [7, 11) is 0. The molecule has 5 rings (SSSR count). The number of fused-ring (bicyclic) bond motifs is 1. The third kappa shape index (κ3) is 3.75. The average molecular weight is 405 g/mol. The summed E-state index contributed by atoms with van der Waals surface area (Å²) in [6.45, 7) is 6.42. The van der Waals surface area contributed by atoms with Crippen LogP contribution in [0, 0.1) is 0 Å². The molecule has 1 fully saturated rings. The van der Waals surface area contributed by atoms with Gasteiger partial charge in [0.1, 0.15) is 5.82 Å². The fourth-order valence-corrected chi connectivity index (χ4v) is 4.71. The Kier molecular flexibility index (Phi) is 4.99. The van der Waals surface area contributed by atoms with Crippen molar-refractivity contribution in [3.05, 3.63) is 64.9 Å². The molecule has 0 saturated carbocycles. The molecule has 4 heterocycles. The Bertz CT molecular complexity index is 1080. The molecule has 0 aliphatic carbocycles. The summed E-state index contributed by atoms with van der Waals surface area (Å²) >= 11 is 1.66. The van der Waals surface area contributed by atoms with E-state index in [1.807, 2.05) is 10.6 Å². The maximum atomic E-state index is 4.92. The molecule has 0 N–H and O–H groups in total. The van der Waals surface area contributed by atoms with Crippen LogP contribution in [0.4, 0.5) is 5.82 Å². The van der Waals surface area contributed by atoms with Crippen molar-refractivity contribution >= 4 is 22.8 Å². The molecule has 0 bridgehead atoms. The summed E-state index contributed by atoms with van der Waals surface area (Å²) in [5.41, 5.74) is 3.21. The van der Waals surface area contributed by atoms with Crippen LogP contribution in [-0.2, 0) is 6.54 Å². The van der Waals surface area contributed by atoms with Crippen LogP contribution in [0.2, 0.25) is 0 Å². The van der Waals surface area contributed by atoms with Crippen LogP contribution in [0.15, 0.2) is 59.3 Å². The lowest BCUT2D eigenvalue weighted by atomic mass is 10.2. The van der Waals surface area contributed by atoms with Gasteiger partial charge < -0.3 is 4.90 Å². The van der Waals surface area contributed by atoms with Gasteiger partial charge in [0, 0.05) is 43.2 Å². The smallest absolute Gasteiger partial charge is 0.186 e. The van der Waals surface area contributed by atoms with E-state index in [1.165, 1.54) is 5.56 Å². The molecule has 1 saturated heterocycles. The number of rotatable bonds is 4. The van der Waals surface area contributed by atoms with Crippen molar-refractivity contribution < 1.29 is 0 Å². The van der Waals surface area contributed by atoms with Gasteiger partial charge in [-0.15, -0.1) is 15.3 Å². The lowest BCUT2D eigenvalue weighted by Crippen LogP contribution is -2.39. The molecule has 29 heavy (non-hydrogen) atoms. The number of hydrogen-bond donors (Lipinski definition) is 0. The van der Waals surface area contributed by atoms with Crippen LogP contribution in [0.25, 0.3) is 17.0 Å². The highest BCUT2D eigenvalue weighted by molar-refractivity contribution is 7.08. The number of aromatic nitrogens is 4. The van der Waals surface area contributed by atoms with Crippen molar-refractivity contribution in [3.8, 4) is 11.4 Å². The number of anilines is 1. The van der Waals surface area contributed by atoms with Gasteiger partial charge in [-0.2, -0.15) is 15.9 Å². The topological polar surface area (TPSA) is 49.6 Å². The van der Waals surface area contributed by atoms with Gasteiger partial charge in [0.15, 0.2) is 11.5 Å². The van der Waals surface area contributed by atoms with Gasteiger partial charge in [-0.3, -0.25) is 4.90 Å². The summed E-state index contributed by atoms with van der Waals surface area (Å²) in [4.78, 5) is 4.97. The quantitative estimate of drug-likeness (QED) is 0.515. The number of hydrogen-bond acceptors (Lipinski definition) is 6. The molecule has 0 radical (unpaired) electrons. The Morgan fingerprint density at radius 1 is 1.03 bits per heavy atom. The Morgan fingerprint density at radius 3 is 2.76 bits per heavy atom. The van der Waals surface area contributed by atoms with E-state index in [2.05, 4.69) is 80.1 Å². The van der Waals surface area contributed by atoms with Gasteiger partial charge in [-0.25, -0.2) is 0 Å². The highest BCUT2D eigenvalue weighted by Crippen LogP contribution is 2.24. The predicted octanol–water partition coefficient (Wildman–Crippen LogP) is 3.95. The van der Waals surface area contributed by atoms with Crippen molar-refractivity contribution in [1.82, 2.24) is 24.7 Å². The Labute approximate surface area is 174 Å². The first-order valence-electron chi connectivity index (χ1n) is 10.1. The van der Waals surface area contributed by atoms with Gasteiger partial charge in [0.05, 0.1) is 0 Å². The zero-order valence-electron chi connectivity index (χ0n) is 16.5. The monoisotopic (exact) mass is 404 g/mol. The van der Waals surface area contributed by atoms with Crippen molar-refractivity contribution in [2.75, 3.05) is 24.5 Å². The second-order valence-corrected chi connectivity index (χ2v) is 8.39. The van der Waals surface area contributed by atoms with E-state index in [0.29, 0.717) is 6.04 Å². The van der Waals surface area contributed by atoms with Crippen LogP contribution in [0.3, 0.4) is 0 Å². The molecular weight excluding hydrogens is 380 g/mol. The zero-order chi connectivity index (χ0) is 19.6. The summed E-state index contributed by atoms with van der Waals surface area (Å²) in [6.07, 6.45) is 1.12. The molecule has 4 aromatic rings. The minimum absolute atomic E-state index is 0.382. The highest BCUT2D eigenvalue weighted by Gasteiger charge is 2.23. The van der Waals surface area contributed by atoms with Gasteiger partial charge in [-0.1, -0.05) is 30.3 Å². The molecule has 1 aliphatic rings. The van der Waals surface area contributed by atoms with Crippen LogP contribution >= 0.6 is 11.3 Å². The maximum Gasteiger partial charge on any atom is 0.186 e. The van der Waals surface area contributed by atoms with E-state index < -0.39 is 0 Å². The van der Waals surface area contributed by atoms with Crippen LogP contribution in [0.1, 0.15) is 18.9 Å². The predicted molar refractivity (Wildman–Crippen MR) is 117 cm³/mol. The van der Waals surface area contributed by atoms with E-state index in [-0.39, 0.29) is 0 Å². The molecule has 0 amide bonds. The fraction of sp³-hybridized carbons (Fsp3) is 0.318. The molecule has 148 valence electrons. The van der Waals surface area contributed by atoms with Crippen molar-refractivity contribution in [1.29, 1.82) is 0 Å². The van der Waals surface area contributed by atoms with E-state index in [1.54, 1.807) is 11.3 Å². The van der Waals surface area contributed by atoms with E-state index in [4.69, 9.17) is 5.10 Å². The minimum atomic E-state index is 0.382. The van der Waals surface area contributed by atoms with Gasteiger partial charge in [0.25, 0.3) is 0 Å². The van der Waals surface area contributed by atoms with Crippen LogP contribution < -0.4 is 4.90 Å². The Balaban J connectivity index is 1.39. The molecule has 0 spiro atoms. The third-order valence-electron chi connectivity index (χ3n) is 5.50. The highest BCUT2D eigenvalue weighted by atomic mass is 32.1. The first-order valence-corrected chi connectivity index (χ1v) is 11.0. The largest absolute Gasteiger partial charge is 0.351 e. The summed E-state index contributed by atoms with van der Waals surface area (Å²) in [5, 5.41) is 17.7. The molecular formula is C22H24N6S. The lowest BCUT2D eigenvalue weighted by molar-refractivity contribution is 0.268. The van der Waals surface area contributed by atoms with E-state index >= 15 is 0 Å². The molecule has 7 heteroatoms.